The van der Waals surface area contributed by atoms with Gasteiger partial charge in [-0.3, -0.25) is 0 Å². The van der Waals surface area contributed by atoms with Crippen molar-refractivity contribution < 1.29 is 4.42 Å². The summed E-state index contributed by atoms with van der Waals surface area (Å²) in [6, 6.07) is 14.6. The van der Waals surface area contributed by atoms with E-state index in [1.165, 1.54) is 4.90 Å². The van der Waals surface area contributed by atoms with E-state index < -0.39 is 0 Å². The summed E-state index contributed by atoms with van der Waals surface area (Å²) >= 11 is 1.80. The Hall–Kier alpha value is -1.15. The number of thioether (sulfide) groups is 1. The van der Waals surface area contributed by atoms with E-state index in [9.17, 15) is 0 Å². The molecule has 2 aromatic rings. The molecular weight excluding hydrogens is 228 g/mol. The van der Waals surface area contributed by atoms with Gasteiger partial charge in [-0.05, 0) is 24.3 Å². The number of hydrogen-bond acceptors (Lipinski definition) is 2. The highest BCUT2D eigenvalue weighted by Crippen LogP contribution is 2.28. The molecule has 0 radical (unpaired) electrons. The predicted octanol–water partition coefficient (Wildman–Crippen LogP) is 4.87. The maximum absolute atomic E-state index is 5.85. The van der Waals surface area contributed by atoms with Gasteiger partial charge < -0.3 is 4.42 Å². The summed E-state index contributed by atoms with van der Waals surface area (Å²) in [6.45, 7) is 6.50. The minimum Gasteiger partial charge on any atom is -0.465 e. The second-order valence-corrected chi connectivity index (χ2v) is 6.17. The SMILES string of the molecule is CC(C)(C)c1ccc(CSc2ccccc2)o1. The highest BCUT2D eigenvalue weighted by molar-refractivity contribution is 7.98. The Labute approximate surface area is 107 Å². The van der Waals surface area contributed by atoms with Crippen molar-refractivity contribution in [1.82, 2.24) is 0 Å². The minimum absolute atomic E-state index is 0.0929. The molecule has 0 unspecified atom stereocenters. The van der Waals surface area contributed by atoms with Crippen molar-refractivity contribution >= 4 is 11.8 Å². The van der Waals surface area contributed by atoms with Crippen LogP contribution in [0.3, 0.4) is 0 Å². The van der Waals surface area contributed by atoms with Crippen LogP contribution in [0.25, 0.3) is 0 Å². The Bertz CT molecular complexity index is 465. The van der Waals surface area contributed by atoms with Crippen molar-refractivity contribution in [3.05, 3.63) is 54.0 Å². The van der Waals surface area contributed by atoms with E-state index >= 15 is 0 Å². The average molecular weight is 246 g/mol. The Kier molecular flexibility index (Phi) is 3.63. The van der Waals surface area contributed by atoms with Crippen LogP contribution in [-0.2, 0) is 11.2 Å². The Morgan fingerprint density at radius 2 is 1.71 bits per heavy atom. The van der Waals surface area contributed by atoms with Crippen molar-refractivity contribution in [3.63, 3.8) is 0 Å². The second-order valence-electron chi connectivity index (χ2n) is 5.12. The second kappa shape index (κ2) is 5.01. The molecule has 0 amide bonds. The van der Waals surface area contributed by atoms with Gasteiger partial charge in [0.15, 0.2) is 0 Å². The number of hydrogen-bond donors (Lipinski definition) is 0. The average Bonchev–Trinajstić information content (AvgIpc) is 2.76. The van der Waals surface area contributed by atoms with Crippen LogP contribution in [0.1, 0.15) is 32.3 Å². The molecule has 1 heterocycles. The quantitative estimate of drug-likeness (QED) is 0.717. The summed E-state index contributed by atoms with van der Waals surface area (Å²) in [4.78, 5) is 1.28. The Balaban J connectivity index is 1.99. The molecule has 0 fully saturated rings. The number of furan rings is 1. The normalized spacial score (nSPS) is 11.7. The number of benzene rings is 1. The fraction of sp³-hybridized carbons (Fsp3) is 0.333. The van der Waals surface area contributed by atoms with Gasteiger partial charge in [0.2, 0.25) is 0 Å². The first-order valence-corrected chi connectivity index (χ1v) is 6.81. The molecule has 0 aliphatic heterocycles. The monoisotopic (exact) mass is 246 g/mol. The fourth-order valence-corrected chi connectivity index (χ4v) is 2.34. The lowest BCUT2D eigenvalue weighted by Crippen LogP contribution is -2.09. The smallest absolute Gasteiger partial charge is 0.114 e. The van der Waals surface area contributed by atoms with E-state index in [0.29, 0.717) is 0 Å². The molecule has 1 nitrogen and oxygen atoms in total. The van der Waals surface area contributed by atoms with E-state index in [-0.39, 0.29) is 5.41 Å². The summed E-state index contributed by atoms with van der Waals surface area (Å²) in [7, 11) is 0. The van der Waals surface area contributed by atoms with Crippen LogP contribution in [0.5, 0.6) is 0 Å². The molecule has 0 saturated heterocycles. The minimum atomic E-state index is 0.0929. The van der Waals surface area contributed by atoms with Crippen LogP contribution in [0.15, 0.2) is 51.8 Å². The van der Waals surface area contributed by atoms with Crippen LogP contribution in [0.2, 0.25) is 0 Å². The van der Waals surface area contributed by atoms with Gasteiger partial charge in [0.05, 0.1) is 5.75 Å². The van der Waals surface area contributed by atoms with Gasteiger partial charge >= 0.3 is 0 Å². The Morgan fingerprint density at radius 1 is 1.00 bits per heavy atom. The summed E-state index contributed by atoms with van der Waals surface area (Å²) < 4.78 is 5.85. The van der Waals surface area contributed by atoms with Crippen LogP contribution < -0.4 is 0 Å². The highest BCUT2D eigenvalue weighted by atomic mass is 32.2. The van der Waals surface area contributed by atoms with Crippen molar-refractivity contribution in [1.29, 1.82) is 0 Å². The molecule has 1 aromatic heterocycles. The molecule has 0 spiro atoms. The van der Waals surface area contributed by atoms with E-state index in [1.807, 2.05) is 6.07 Å². The van der Waals surface area contributed by atoms with E-state index in [4.69, 9.17) is 4.42 Å². The summed E-state index contributed by atoms with van der Waals surface area (Å²) in [5.74, 6) is 2.99. The maximum Gasteiger partial charge on any atom is 0.114 e. The molecule has 1 aromatic carbocycles. The largest absolute Gasteiger partial charge is 0.465 e. The maximum atomic E-state index is 5.85. The topological polar surface area (TPSA) is 13.1 Å². The first-order chi connectivity index (χ1) is 8.05. The van der Waals surface area contributed by atoms with Gasteiger partial charge in [-0.2, -0.15) is 0 Å². The van der Waals surface area contributed by atoms with Gasteiger partial charge in [-0.15, -0.1) is 11.8 Å². The van der Waals surface area contributed by atoms with E-state index in [1.54, 1.807) is 11.8 Å². The van der Waals surface area contributed by atoms with Crippen molar-refractivity contribution in [2.45, 2.75) is 36.8 Å². The third kappa shape index (κ3) is 3.40. The third-order valence-corrected chi connectivity index (χ3v) is 3.56. The summed E-state index contributed by atoms with van der Waals surface area (Å²) in [6.07, 6.45) is 0. The molecule has 0 saturated carbocycles. The fourth-order valence-electron chi connectivity index (χ4n) is 1.53. The van der Waals surface area contributed by atoms with Crippen molar-refractivity contribution in [3.8, 4) is 0 Å². The molecule has 2 heteroatoms. The van der Waals surface area contributed by atoms with Gasteiger partial charge in [-0.25, -0.2) is 0 Å². The zero-order valence-corrected chi connectivity index (χ0v) is 11.4. The molecule has 90 valence electrons. The lowest BCUT2D eigenvalue weighted by atomic mass is 9.94. The van der Waals surface area contributed by atoms with E-state index in [0.717, 1.165) is 17.3 Å². The molecule has 0 atom stereocenters. The van der Waals surface area contributed by atoms with Crippen LogP contribution in [0.4, 0.5) is 0 Å². The third-order valence-electron chi connectivity index (χ3n) is 2.53. The van der Waals surface area contributed by atoms with Gasteiger partial charge in [0, 0.05) is 10.3 Å². The standard InChI is InChI=1S/C15H18OS/c1-15(2,3)14-10-9-12(16-14)11-17-13-7-5-4-6-8-13/h4-10H,11H2,1-3H3. The van der Waals surface area contributed by atoms with Crippen LogP contribution >= 0.6 is 11.8 Å². The first kappa shape index (κ1) is 12.3. The van der Waals surface area contributed by atoms with Crippen molar-refractivity contribution in [2.24, 2.45) is 0 Å². The first-order valence-electron chi connectivity index (χ1n) is 5.83. The lowest BCUT2D eigenvalue weighted by molar-refractivity contribution is 0.394. The molecule has 2 rings (SSSR count). The van der Waals surface area contributed by atoms with Gasteiger partial charge in [0.25, 0.3) is 0 Å². The lowest BCUT2D eigenvalue weighted by Gasteiger charge is -2.14. The molecule has 0 aliphatic rings. The van der Waals surface area contributed by atoms with Crippen molar-refractivity contribution in [2.75, 3.05) is 0 Å². The van der Waals surface area contributed by atoms with Crippen LogP contribution in [0, 0.1) is 0 Å². The molecular formula is C15H18OS. The zero-order valence-electron chi connectivity index (χ0n) is 10.6. The number of rotatable bonds is 3. The van der Waals surface area contributed by atoms with E-state index in [2.05, 4.69) is 57.2 Å². The van der Waals surface area contributed by atoms with Crippen LogP contribution in [-0.4, -0.2) is 0 Å². The molecule has 0 bridgehead atoms. The molecule has 17 heavy (non-hydrogen) atoms. The van der Waals surface area contributed by atoms with Gasteiger partial charge in [-0.1, -0.05) is 39.0 Å². The zero-order chi connectivity index (χ0) is 12.3. The summed E-state index contributed by atoms with van der Waals surface area (Å²) in [5.41, 5.74) is 0.0929. The predicted molar refractivity (Wildman–Crippen MR) is 73.4 cm³/mol. The summed E-state index contributed by atoms with van der Waals surface area (Å²) in [5, 5.41) is 0. The van der Waals surface area contributed by atoms with Gasteiger partial charge in [0.1, 0.15) is 11.5 Å². The molecule has 0 aliphatic carbocycles. The Morgan fingerprint density at radius 3 is 2.29 bits per heavy atom. The highest BCUT2D eigenvalue weighted by Gasteiger charge is 2.17. The molecule has 0 N–H and O–H groups in total.